The van der Waals surface area contributed by atoms with Gasteiger partial charge in [0.05, 0.1) is 18.7 Å². The van der Waals surface area contributed by atoms with Gasteiger partial charge in [-0.1, -0.05) is 136 Å². The molecule has 0 bridgehead atoms. The third-order valence-electron chi connectivity index (χ3n) is 12.4. The van der Waals surface area contributed by atoms with Gasteiger partial charge in [0.25, 0.3) is 5.91 Å². The van der Waals surface area contributed by atoms with Gasteiger partial charge in [0.1, 0.15) is 11.1 Å². The van der Waals surface area contributed by atoms with Crippen LogP contribution in [0.2, 0.25) is 0 Å². The number of ether oxygens (including phenoxy) is 2. The van der Waals surface area contributed by atoms with Gasteiger partial charge in [0.15, 0.2) is 0 Å². The number of unbranched alkanes of at least 4 members (excludes halogenated alkanes) is 20. The Morgan fingerprint density at radius 1 is 0.641 bits per heavy atom. The normalized spacial score (nSPS) is 12.5. The second-order valence-corrected chi connectivity index (χ2v) is 19.7. The van der Waals surface area contributed by atoms with Gasteiger partial charge < -0.3 is 29.9 Å². The molecule has 1 aromatic rings. The number of fused-ring (bicyclic) bond motifs is 1. The second-order valence-electron chi connectivity index (χ2n) is 18.6. The number of hydrogen-bond acceptors (Lipinski definition) is 9. The fraction of sp³-hybridized carbons (Fsp3) is 0.827. The van der Waals surface area contributed by atoms with Gasteiger partial charge in [0.2, 0.25) is 11.8 Å². The van der Waals surface area contributed by atoms with Crippen molar-refractivity contribution >= 4 is 46.0 Å². The fourth-order valence-corrected chi connectivity index (χ4v) is 9.63. The number of amides is 3. The molecule has 1 aliphatic rings. The van der Waals surface area contributed by atoms with E-state index in [1.807, 2.05) is 23.9 Å². The van der Waals surface area contributed by atoms with Crippen LogP contribution in [0.5, 0.6) is 0 Å². The molecule has 0 aliphatic carbocycles. The summed E-state index contributed by atoms with van der Waals surface area (Å²) in [6.45, 7) is 9.26. The van der Waals surface area contributed by atoms with E-state index in [-0.39, 0.29) is 35.8 Å². The first-order valence-electron chi connectivity index (χ1n) is 26.1. The molecule has 12 heteroatoms. The van der Waals surface area contributed by atoms with Gasteiger partial charge >= 0.3 is 11.9 Å². The smallest absolute Gasteiger partial charge is 0.306 e. The van der Waals surface area contributed by atoms with Crippen molar-refractivity contribution in [2.24, 2.45) is 0 Å². The molecule has 0 saturated heterocycles. The zero-order chi connectivity index (χ0) is 46.6. The van der Waals surface area contributed by atoms with E-state index in [2.05, 4.69) is 31.4 Å². The molecule has 368 valence electrons. The highest BCUT2D eigenvalue weighted by Gasteiger charge is 2.30. The van der Waals surface area contributed by atoms with Gasteiger partial charge in [-0.05, 0) is 83.9 Å². The number of hydrogen-bond donors (Lipinski definition) is 2. The summed E-state index contributed by atoms with van der Waals surface area (Å²) in [4.78, 5) is 70.1. The van der Waals surface area contributed by atoms with Crippen LogP contribution < -0.4 is 10.6 Å². The molecule has 3 amide bonds. The van der Waals surface area contributed by atoms with Crippen LogP contribution in [0.4, 0.5) is 5.00 Å². The van der Waals surface area contributed by atoms with Crippen molar-refractivity contribution < 1.29 is 33.4 Å². The Morgan fingerprint density at radius 3 is 1.77 bits per heavy atom. The predicted octanol–water partition coefficient (Wildman–Crippen LogP) is 12.5. The molecule has 1 aliphatic heterocycles. The summed E-state index contributed by atoms with van der Waals surface area (Å²) in [5, 5.41) is 6.62. The zero-order valence-corrected chi connectivity index (χ0v) is 42.2. The maximum Gasteiger partial charge on any atom is 0.306 e. The molecular formula is C52H92N4O7S. The second kappa shape index (κ2) is 37.1. The Hall–Kier alpha value is -2.99. The van der Waals surface area contributed by atoms with Crippen molar-refractivity contribution in [3.63, 3.8) is 0 Å². The minimum atomic E-state index is -0.207. The Kier molecular flexibility index (Phi) is 33.2. The standard InChI is InChI=1S/C52H92N4O7S/c1-6-9-12-15-18-23-30-41-62-48(59)35-27-22-21-26-33-46(57)54-52-50(51(61)53-38-40-55(4)5)44-37-39-56(42-45(44)64-52)47(58)34-28-29-36-49(60)63-43(31-24-19-16-13-10-7-2)32-25-20-17-14-11-8-3/h43H,6-42H2,1-5H3,(H,53,61)(H,54,57). The molecule has 64 heavy (non-hydrogen) atoms. The highest BCUT2D eigenvalue weighted by atomic mass is 32.1. The number of esters is 2. The van der Waals surface area contributed by atoms with Crippen LogP contribution in [-0.4, -0.2) is 85.9 Å². The number of nitrogens with zero attached hydrogens (tertiary/aromatic N) is 2. The lowest BCUT2D eigenvalue weighted by Gasteiger charge is -2.27. The summed E-state index contributed by atoms with van der Waals surface area (Å²) in [6, 6.07) is 0. The van der Waals surface area contributed by atoms with E-state index >= 15 is 0 Å². The minimum Gasteiger partial charge on any atom is -0.466 e. The molecule has 2 heterocycles. The predicted molar refractivity (Wildman–Crippen MR) is 264 cm³/mol. The molecule has 0 aromatic carbocycles. The highest BCUT2D eigenvalue weighted by Crippen LogP contribution is 2.37. The van der Waals surface area contributed by atoms with E-state index in [0.29, 0.717) is 94.7 Å². The van der Waals surface area contributed by atoms with E-state index in [4.69, 9.17) is 9.47 Å². The van der Waals surface area contributed by atoms with Crippen LogP contribution in [0, 0.1) is 0 Å². The topological polar surface area (TPSA) is 134 Å². The van der Waals surface area contributed by atoms with Crippen molar-refractivity contribution in [2.45, 2.75) is 239 Å². The SMILES string of the molecule is CCCCCCCCCOC(=O)CCCCCCC(=O)Nc1sc2c(c1C(=O)NCCN(C)C)CCN(C(=O)CCCCC(=O)OC(CCCCCCCC)CCCCCCCC)C2. The van der Waals surface area contributed by atoms with E-state index in [1.54, 1.807) is 0 Å². The molecule has 11 nitrogen and oxygen atoms in total. The Bertz CT molecular complexity index is 1420. The van der Waals surface area contributed by atoms with Crippen molar-refractivity contribution in [1.29, 1.82) is 0 Å². The van der Waals surface area contributed by atoms with Crippen molar-refractivity contribution in [1.82, 2.24) is 15.1 Å². The van der Waals surface area contributed by atoms with E-state index < -0.39 is 0 Å². The fourth-order valence-electron chi connectivity index (χ4n) is 8.36. The molecule has 2 rings (SSSR count). The maximum atomic E-state index is 13.6. The van der Waals surface area contributed by atoms with Crippen molar-refractivity contribution in [2.75, 3.05) is 45.7 Å². The average Bonchev–Trinajstić information content (AvgIpc) is 3.63. The first kappa shape index (κ1) is 57.1. The third-order valence-corrected chi connectivity index (χ3v) is 13.5. The van der Waals surface area contributed by atoms with Crippen LogP contribution in [-0.2, 0) is 41.6 Å². The summed E-state index contributed by atoms with van der Waals surface area (Å²) in [6.07, 6.45) is 31.2. The average molecular weight is 917 g/mol. The number of anilines is 1. The lowest BCUT2D eigenvalue weighted by molar-refractivity contribution is -0.150. The molecule has 0 radical (unpaired) electrons. The third kappa shape index (κ3) is 26.8. The van der Waals surface area contributed by atoms with E-state index in [1.165, 1.54) is 108 Å². The van der Waals surface area contributed by atoms with Crippen LogP contribution in [0.15, 0.2) is 0 Å². The number of likely N-dealkylation sites (N-methyl/N-ethyl adjacent to an activating group) is 1. The molecular weight excluding hydrogens is 825 g/mol. The van der Waals surface area contributed by atoms with Gasteiger partial charge in [-0.3, -0.25) is 24.0 Å². The highest BCUT2D eigenvalue weighted by molar-refractivity contribution is 7.17. The van der Waals surface area contributed by atoms with Gasteiger partial charge in [-0.2, -0.15) is 0 Å². The quantitative estimate of drug-likeness (QED) is 0.0491. The summed E-state index contributed by atoms with van der Waals surface area (Å²) in [5.74, 6) is -0.590. The van der Waals surface area contributed by atoms with Gasteiger partial charge in [-0.15, -0.1) is 11.3 Å². The monoisotopic (exact) mass is 917 g/mol. The summed E-state index contributed by atoms with van der Waals surface area (Å²) < 4.78 is 11.4. The molecule has 0 unspecified atom stereocenters. The Morgan fingerprint density at radius 2 is 1.16 bits per heavy atom. The van der Waals surface area contributed by atoms with Gasteiger partial charge in [0, 0.05) is 50.2 Å². The molecule has 1 aromatic heterocycles. The summed E-state index contributed by atoms with van der Waals surface area (Å²) in [7, 11) is 3.91. The molecule has 0 atom stereocenters. The minimum absolute atomic E-state index is 0.00708. The lowest BCUT2D eigenvalue weighted by Crippen LogP contribution is -2.36. The number of thiophene rings is 1. The molecule has 2 N–H and O–H groups in total. The summed E-state index contributed by atoms with van der Waals surface area (Å²) in [5.41, 5.74) is 1.42. The van der Waals surface area contributed by atoms with Crippen LogP contribution >= 0.6 is 11.3 Å². The zero-order valence-electron chi connectivity index (χ0n) is 41.4. The summed E-state index contributed by atoms with van der Waals surface area (Å²) >= 11 is 1.39. The number of carbonyl (C=O) groups excluding carboxylic acids is 5. The Labute approximate surface area is 393 Å². The van der Waals surface area contributed by atoms with Crippen LogP contribution in [0.25, 0.3) is 0 Å². The molecule has 0 saturated carbocycles. The Balaban J connectivity index is 1.83. The van der Waals surface area contributed by atoms with E-state index in [9.17, 15) is 24.0 Å². The maximum absolute atomic E-state index is 13.6. The first-order chi connectivity index (χ1) is 31.1. The van der Waals surface area contributed by atoms with Crippen LogP contribution in [0.3, 0.4) is 0 Å². The number of rotatable bonds is 40. The van der Waals surface area contributed by atoms with Crippen molar-refractivity contribution in [3.05, 3.63) is 16.0 Å². The lowest BCUT2D eigenvalue weighted by atomic mass is 10.0. The van der Waals surface area contributed by atoms with Crippen molar-refractivity contribution in [3.8, 4) is 0 Å². The number of nitrogens with one attached hydrogen (secondary N) is 2. The largest absolute Gasteiger partial charge is 0.466 e. The van der Waals surface area contributed by atoms with E-state index in [0.717, 1.165) is 68.2 Å². The van der Waals surface area contributed by atoms with Crippen LogP contribution in [0.1, 0.15) is 241 Å². The first-order valence-corrected chi connectivity index (χ1v) is 26.9. The number of carbonyl (C=O) groups is 5. The van der Waals surface area contributed by atoms with Gasteiger partial charge in [-0.25, -0.2) is 0 Å². The molecule has 0 fully saturated rings. The molecule has 0 spiro atoms.